The Kier molecular flexibility index (Phi) is 4.67. The second kappa shape index (κ2) is 6.47. The molecule has 0 aromatic heterocycles. The van der Waals surface area contributed by atoms with Crippen LogP contribution < -0.4 is 10.6 Å². The molecule has 0 radical (unpaired) electrons. The van der Waals surface area contributed by atoms with E-state index in [1.54, 1.807) is 0 Å². The predicted molar refractivity (Wildman–Crippen MR) is 88.4 cm³/mol. The summed E-state index contributed by atoms with van der Waals surface area (Å²) in [7, 11) is 2.10. The monoisotopic (exact) mass is 268 g/mol. The van der Waals surface area contributed by atoms with Gasteiger partial charge in [0.2, 0.25) is 0 Å². The van der Waals surface area contributed by atoms with Gasteiger partial charge in [0.05, 0.1) is 11.4 Å². The van der Waals surface area contributed by atoms with Gasteiger partial charge in [-0.3, -0.25) is 0 Å². The van der Waals surface area contributed by atoms with E-state index in [4.69, 9.17) is 5.73 Å². The van der Waals surface area contributed by atoms with Crippen LogP contribution in [0.3, 0.4) is 0 Å². The highest BCUT2D eigenvalue weighted by molar-refractivity contribution is 5.68. The van der Waals surface area contributed by atoms with Crippen molar-refractivity contribution < 1.29 is 0 Å². The molecule has 0 aliphatic rings. The molecule has 0 heterocycles. The van der Waals surface area contributed by atoms with Gasteiger partial charge in [0.25, 0.3) is 0 Å². The largest absolute Gasteiger partial charge is 0.397 e. The van der Waals surface area contributed by atoms with Gasteiger partial charge < -0.3 is 10.6 Å². The first-order valence-electron chi connectivity index (χ1n) is 7.25. The summed E-state index contributed by atoms with van der Waals surface area (Å²) in [5, 5.41) is 0. The molecule has 0 saturated heterocycles. The molecule has 0 saturated carbocycles. The molecule has 2 aromatic carbocycles. The number of rotatable bonds is 5. The van der Waals surface area contributed by atoms with E-state index in [2.05, 4.69) is 62.2 Å². The molecule has 2 N–H and O–H groups in total. The van der Waals surface area contributed by atoms with Gasteiger partial charge in [0.15, 0.2) is 0 Å². The number of likely N-dealkylation sites (N-methyl/N-ethyl adjacent to an activating group) is 1. The molecule has 0 fully saturated rings. The molecule has 2 aromatic rings. The minimum Gasteiger partial charge on any atom is -0.397 e. The summed E-state index contributed by atoms with van der Waals surface area (Å²) in [4.78, 5) is 2.23. The lowest BCUT2D eigenvalue weighted by molar-refractivity contribution is 0.876. The van der Waals surface area contributed by atoms with Gasteiger partial charge in [0.1, 0.15) is 0 Å². The molecule has 0 spiro atoms. The second-order valence-corrected chi connectivity index (χ2v) is 5.40. The summed E-state index contributed by atoms with van der Waals surface area (Å²) in [6, 6.07) is 15.1. The van der Waals surface area contributed by atoms with Crippen LogP contribution in [-0.2, 0) is 12.8 Å². The first-order valence-corrected chi connectivity index (χ1v) is 7.25. The molecule has 20 heavy (non-hydrogen) atoms. The molecule has 2 heteroatoms. The average Bonchev–Trinajstić information content (AvgIpc) is 2.47. The number of aryl methyl sites for hydroxylation is 2. The third-order valence-corrected chi connectivity index (χ3v) is 3.76. The average molecular weight is 268 g/mol. The van der Waals surface area contributed by atoms with Crippen LogP contribution in [-0.4, -0.2) is 13.6 Å². The minimum atomic E-state index is 0.847. The molecule has 0 atom stereocenters. The summed E-state index contributed by atoms with van der Waals surface area (Å²) in [6.07, 6.45) is 2.13. The number of benzene rings is 2. The van der Waals surface area contributed by atoms with E-state index in [1.165, 1.54) is 16.7 Å². The van der Waals surface area contributed by atoms with E-state index in [9.17, 15) is 0 Å². The molecular formula is C18H24N2. The van der Waals surface area contributed by atoms with Crippen molar-refractivity contribution in [1.29, 1.82) is 0 Å². The van der Waals surface area contributed by atoms with Gasteiger partial charge >= 0.3 is 0 Å². The number of anilines is 2. The fraction of sp³-hybridized carbons (Fsp3) is 0.333. The number of nitrogens with zero attached hydrogens (tertiary/aromatic N) is 1. The van der Waals surface area contributed by atoms with Crippen molar-refractivity contribution in [1.82, 2.24) is 0 Å². The maximum Gasteiger partial charge on any atom is 0.0600 e. The molecule has 0 bridgehead atoms. The molecule has 0 aliphatic carbocycles. The van der Waals surface area contributed by atoms with Gasteiger partial charge in [-0.05, 0) is 48.6 Å². The molecule has 2 nitrogen and oxygen atoms in total. The van der Waals surface area contributed by atoms with E-state index in [0.29, 0.717) is 0 Å². The van der Waals surface area contributed by atoms with E-state index in [-0.39, 0.29) is 0 Å². The Balaban J connectivity index is 2.00. The predicted octanol–water partition coefficient (Wildman–Crippen LogP) is 3.82. The number of nitrogen functional groups attached to an aromatic ring is 1. The Hall–Kier alpha value is -1.96. The van der Waals surface area contributed by atoms with Crippen molar-refractivity contribution in [2.75, 3.05) is 24.2 Å². The van der Waals surface area contributed by atoms with Crippen molar-refractivity contribution in [3.63, 3.8) is 0 Å². The third kappa shape index (κ3) is 3.53. The number of nitrogens with two attached hydrogens (primary N) is 1. The molecule has 0 aliphatic heterocycles. The highest BCUT2D eigenvalue weighted by atomic mass is 15.1. The second-order valence-electron chi connectivity index (χ2n) is 5.40. The summed E-state index contributed by atoms with van der Waals surface area (Å²) < 4.78 is 0. The Labute approximate surface area is 122 Å². The van der Waals surface area contributed by atoms with Crippen molar-refractivity contribution in [3.8, 4) is 0 Å². The zero-order valence-electron chi connectivity index (χ0n) is 12.7. The lowest BCUT2D eigenvalue weighted by Crippen LogP contribution is -2.21. The van der Waals surface area contributed by atoms with Crippen LogP contribution in [0.1, 0.15) is 23.6 Å². The zero-order valence-corrected chi connectivity index (χ0v) is 12.7. The molecule has 2 rings (SSSR count). The van der Waals surface area contributed by atoms with Crippen LogP contribution >= 0.6 is 0 Å². The maximum absolute atomic E-state index is 6.06. The summed E-state index contributed by atoms with van der Waals surface area (Å²) in [5.41, 5.74) is 12.0. The summed E-state index contributed by atoms with van der Waals surface area (Å²) in [6.45, 7) is 5.25. The fourth-order valence-corrected chi connectivity index (χ4v) is 2.34. The third-order valence-electron chi connectivity index (χ3n) is 3.76. The van der Waals surface area contributed by atoms with Gasteiger partial charge in [-0.1, -0.05) is 37.3 Å². The SMILES string of the molecule is CCc1ccc(CCN(C)c2cc(C)ccc2N)cc1. The van der Waals surface area contributed by atoms with Crippen LogP contribution in [0.2, 0.25) is 0 Å². The van der Waals surface area contributed by atoms with E-state index >= 15 is 0 Å². The first kappa shape index (κ1) is 14.4. The normalized spacial score (nSPS) is 10.6. The van der Waals surface area contributed by atoms with Crippen molar-refractivity contribution >= 4 is 11.4 Å². The number of hydrogen-bond donors (Lipinski definition) is 1. The molecule has 0 unspecified atom stereocenters. The molecular weight excluding hydrogens is 244 g/mol. The van der Waals surface area contributed by atoms with Gasteiger partial charge in [0, 0.05) is 13.6 Å². The Morgan fingerprint density at radius 1 is 1.00 bits per heavy atom. The highest BCUT2D eigenvalue weighted by Crippen LogP contribution is 2.23. The topological polar surface area (TPSA) is 29.3 Å². The minimum absolute atomic E-state index is 0.847. The fourth-order valence-electron chi connectivity index (χ4n) is 2.34. The summed E-state index contributed by atoms with van der Waals surface area (Å²) in [5.74, 6) is 0. The first-order chi connectivity index (χ1) is 9.60. The summed E-state index contributed by atoms with van der Waals surface area (Å²) >= 11 is 0. The van der Waals surface area contributed by atoms with Crippen molar-refractivity contribution in [3.05, 3.63) is 59.2 Å². The number of hydrogen-bond acceptors (Lipinski definition) is 2. The van der Waals surface area contributed by atoms with Crippen LogP contribution in [0.15, 0.2) is 42.5 Å². The van der Waals surface area contributed by atoms with E-state index in [1.807, 2.05) is 6.07 Å². The van der Waals surface area contributed by atoms with Crippen LogP contribution in [0.25, 0.3) is 0 Å². The molecule has 0 amide bonds. The van der Waals surface area contributed by atoms with Crippen LogP contribution in [0, 0.1) is 6.92 Å². The quantitative estimate of drug-likeness (QED) is 0.835. The Bertz CT molecular complexity index is 558. The smallest absolute Gasteiger partial charge is 0.0600 e. The van der Waals surface area contributed by atoms with Gasteiger partial charge in [-0.15, -0.1) is 0 Å². The molecule has 106 valence electrons. The maximum atomic E-state index is 6.06. The van der Waals surface area contributed by atoms with Crippen molar-refractivity contribution in [2.45, 2.75) is 26.7 Å². The highest BCUT2D eigenvalue weighted by Gasteiger charge is 2.05. The van der Waals surface area contributed by atoms with E-state index in [0.717, 1.165) is 30.8 Å². The van der Waals surface area contributed by atoms with Crippen LogP contribution in [0.4, 0.5) is 11.4 Å². The lowest BCUT2D eigenvalue weighted by Gasteiger charge is -2.21. The lowest BCUT2D eigenvalue weighted by atomic mass is 10.1. The Morgan fingerprint density at radius 3 is 2.30 bits per heavy atom. The van der Waals surface area contributed by atoms with Gasteiger partial charge in [-0.25, -0.2) is 0 Å². The van der Waals surface area contributed by atoms with E-state index < -0.39 is 0 Å². The van der Waals surface area contributed by atoms with Crippen molar-refractivity contribution in [2.24, 2.45) is 0 Å². The van der Waals surface area contributed by atoms with Gasteiger partial charge in [-0.2, -0.15) is 0 Å². The Morgan fingerprint density at radius 2 is 1.65 bits per heavy atom. The van der Waals surface area contributed by atoms with Crippen LogP contribution in [0.5, 0.6) is 0 Å². The standard InChI is InChI=1S/C18H24N2/c1-4-15-6-8-16(9-7-15)11-12-20(3)18-13-14(2)5-10-17(18)19/h5-10,13H,4,11-12,19H2,1-3H3. The zero-order chi connectivity index (χ0) is 14.5.